The maximum Gasteiger partial charge on any atom is 0.513 e. The van der Waals surface area contributed by atoms with Crippen molar-refractivity contribution in [2.24, 2.45) is 0 Å². The molecule has 0 amide bonds. The zero-order valence-corrected chi connectivity index (χ0v) is 16.3. The summed E-state index contributed by atoms with van der Waals surface area (Å²) in [6.07, 6.45) is -0.124. The van der Waals surface area contributed by atoms with Gasteiger partial charge in [0.2, 0.25) is 0 Å². The van der Waals surface area contributed by atoms with Gasteiger partial charge in [-0.15, -0.1) is 0 Å². The molecule has 0 atom stereocenters. The van der Waals surface area contributed by atoms with E-state index in [2.05, 4.69) is 0 Å². The van der Waals surface area contributed by atoms with Crippen LogP contribution in [0.15, 0.2) is 36.4 Å². The number of aryl methyl sites for hydroxylation is 2. The highest BCUT2D eigenvalue weighted by Crippen LogP contribution is 2.45. The van der Waals surface area contributed by atoms with Crippen molar-refractivity contribution in [3.8, 4) is 11.5 Å². The molecule has 0 aromatic heterocycles. The van der Waals surface area contributed by atoms with Gasteiger partial charge < -0.3 is 18.9 Å². The highest BCUT2D eigenvalue weighted by molar-refractivity contribution is 6.13. The van der Waals surface area contributed by atoms with Crippen molar-refractivity contribution in [3.05, 3.63) is 47.5 Å². The van der Waals surface area contributed by atoms with E-state index in [0.29, 0.717) is 39.5 Å². The average Bonchev–Trinajstić information content (AvgIpc) is 2.74. The Hall–Kier alpha value is -3.28. The number of ether oxygens (including phenoxy) is 4. The molecular formula is C22H22O6. The van der Waals surface area contributed by atoms with Gasteiger partial charge in [0.05, 0.1) is 14.2 Å². The van der Waals surface area contributed by atoms with Crippen molar-refractivity contribution < 1.29 is 28.5 Å². The van der Waals surface area contributed by atoms with E-state index in [0.717, 1.165) is 17.5 Å². The zero-order valence-electron chi connectivity index (χ0n) is 16.3. The number of hydrogen-bond donors (Lipinski definition) is 0. The van der Waals surface area contributed by atoms with Crippen LogP contribution in [-0.2, 0) is 22.3 Å². The molecule has 0 aliphatic carbocycles. The van der Waals surface area contributed by atoms with E-state index >= 15 is 0 Å². The van der Waals surface area contributed by atoms with Gasteiger partial charge in [-0.3, -0.25) is 0 Å². The van der Waals surface area contributed by atoms with E-state index in [9.17, 15) is 9.59 Å². The first-order valence-corrected chi connectivity index (χ1v) is 9.05. The predicted octanol–water partition coefficient (Wildman–Crippen LogP) is 5.41. The first-order chi connectivity index (χ1) is 13.5. The van der Waals surface area contributed by atoms with Crippen LogP contribution in [0.4, 0.5) is 9.59 Å². The van der Waals surface area contributed by atoms with Crippen LogP contribution in [0.2, 0.25) is 0 Å². The van der Waals surface area contributed by atoms with Crippen LogP contribution in [-0.4, -0.2) is 26.5 Å². The SMILES string of the molecule is CCc1ccc2c(OC(=O)OC)c3c(CC)cccc3c(OC(=O)OC)c2c1. The first-order valence-electron chi connectivity index (χ1n) is 9.05. The molecule has 28 heavy (non-hydrogen) atoms. The molecule has 0 aliphatic heterocycles. The number of benzene rings is 3. The molecule has 0 N–H and O–H groups in total. The van der Waals surface area contributed by atoms with Gasteiger partial charge in [0.25, 0.3) is 0 Å². The smallest absolute Gasteiger partial charge is 0.437 e. The van der Waals surface area contributed by atoms with Crippen LogP contribution in [0.3, 0.4) is 0 Å². The van der Waals surface area contributed by atoms with Gasteiger partial charge in [-0.25, -0.2) is 9.59 Å². The summed E-state index contributed by atoms with van der Waals surface area (Å²) in [7, 11) is 2.52. The molecular weight excluding hydrogens is 360 g/mol. The van der Waals surface area contributed by atoms with E-state index in [4.69, 9.17) is 18.9 Å². The number of rotatable bonds is 4. The van der Waals surface area contributed by atoms with Gasteiger partial charge in [-0.2, -0.15) is 0 Å². The van der Waals surface area contributed by atoms with Crippen molar-refractivity contribution >= 4 is 33.9 Å². The topological polar surface area (TPSA) is 71.1 Å². The fraction of sp³-hybridized carbons (Fsp3) is 0.273. The molecule has 3 rings (SSSR count). The van der Waals surface area contributed by atoms with Crippen LogP contribution < -0.4 is 9.47 Å². The number of carbonyl (C=O) groups excluding carboxylic acids is 2. The molecule has 3 aromatic carbocycles. The lowest BCUT2D eigenvalue weighted by Gasteiger charge is -2.18. The van der Waals surface area contributed by atoms with Crippen LogP contribution >= 0.6 is 0 Å². The summed E-state index contributed by atoms with van der Waals surface area (Å²) in [5.41, 5.74) is 2.00. The van der Waals surface area contributed by atoms with Crippen molar-refractivity contribution in [1.82, 2.24) is 0 Å². The van der Waals surface area contributed by atoms with E-state index in [1.165, 1.54) is 14.2 Å². The minimum Gasteiger partial charge on any atom is -0.437 e. The largest absolute Gasteiger partial charge is 0.513 e. The number of hydrogen-bond acceptors (Lipinski definition) is 6. The van der Waals surface area contributed by atoms with Crippen LogP contribution in [0.1, 0.15) is 25.0 Å². The molecule has 0 saturated carbocycles. The standard InChI is InChI=1S/C22H22O6/c1-5-13-10-11-15-17(12-13)19(27-21(23)25-3)16-9-7-8-14(6-2)18(16)20(15)28-22(24)26-4/h7-12H,5-6H2,1-4H3. The Balaban J connectivity index is 2.48. The van der Waals surface area contributed by atoms with Gasteiger partial charge >= 0.3 is 12.3 Å². The Kier molecular flexibility index (Phi) is 5.68. The normalized spacial score (nSPS) is 10.7. The molecule has 0 bridgehead atoms. The van der Waals surface area contributed by atoms with Gasteiger partial charge in [-0.1, -0.05) is 44.2 Å². The minimum absolute atomic E-state index is 0.375. The molecule has 0 heterocycles. The van der Waals surface area contributed by atoms with Crippen molar-refractivity contribution in [2.75, 3.05) is 14.2 Å². The fourth-order valence-corrected chi connectivity index (χ4v) is 3.30. The lowest BCUT2D eigenvalue weighted by atomic mass is 9.94. The number of methoxy groups -OCH3 is 2. The Morgan fingerprint density at radius 1 is 0.786 bits per heavy atom. The quantitative estimate of drug-likeness (QED) is 0.341. The summed E-state index contributed by atoms with van der Waals surface area (Å²) >= 11 is 0. The van der Waals surface area contributed by atoms with E-state index in [-0.39, 0.29) is 0 Å². The Morgan fingerprint density at radius 3 is 2.07 bits per heavy atom. The second kappa shape index (κ2) is 8.17. The third kappa shape index (κ3) is 3.45. The van der Waals surface area contributed by atoms with E-state index in [1.54, 1.807) is 0 Å². The summed E-state index contributed by atoms with van der Waals surface area (Å²) in [6, 6.07) is 11.4. The highest BCUT2D eigenvalue weighted by atomic mass is 16.7. The maximum atomic E-state index is 12.0. The Labute approximate surface area is 162 Å². The molecule has 3 aromatic rings. The fourth-order valence-electron chi connectivity index (χ4n) is 3.30. The number of fused-ring (bicyclic) bond motifs is 2. The lowest BCUT2D eigenvalue weighted by molar-refractivity contribution is 0.120. The molecule has 6 heteroatoms. The monoisotopic (exact) mass is 382 g/mol. The molecule has 0 saturated heterocycles. The Morgan fingerprint density at radius 2 is 1.46 bits per heavy atom. The minimum atomic E-state index is -0.812. The van der Waals surface area contributed by atoms with Gasteiger partial charge in [0.15, 0.2) is 5.75 Å². The molecule has 0 aliphatic rings. The molecule has 0 spiro atoms. The maximum absolute atomic E-state index is 12.0. The summed E-state index contributed by atoms with van der Waals surface area (Å²) in [6.45, 7) is 4.03. The van der Waals surface area contributed by atoms with E-state index in [1.807, 2.05) is 50.2 Å². The van der Waals surface area contributed by atoms with Crippen molar-refractivity contribution in [3.63, 3.8) is 0 Å². The molecule has 0 radical (unpaired) electrons. The first kappa shape index (κ1) is 19.5. The van der Waals surface area contributed by atoms with Gasteiger partial charge in [0, 0.05) is 21.5 Å². The molecule has 0 unspecified atom stereocenters. The summed E-state index contributed by atoms with van der Waals surface area (Å²) < 4.78 is 20.5. The second-order valence-corrected chi connectivity index (χ2v) is 6.20. The summed E-state index contributed by atoms with van der Waals surface area (Å²) in [5, 5.41) is 2.66. The van der Waals surface area contributed by atoms with E-state index < -0.39 is 12.3 Å². The third-order valence-corrected chi connectivity index (χ3v) is 4.69. The second-order valence-electron chi connectivity index (χ2n) is 6.20. The van der Waals surface area contributed by atoms with Crippen molar-refractivity contribution in [1.29, 1.82) is 0 Å². The zero-order chi connectivity index (χ0) is 20.3. The third-order valence-electron chi connectivity index (χ3n) is 4.69. The van der Waals surface area contributed by atoms with Gasteiger partial charge in [-0.05, 0) is 30.0 Å². The lowest BCUT2D eigenvalue weighted by Crippen LogP contribution is -2.11. The predicted molar refractivity (Wildman–Crippen MR) is 106 cm³/mol. The molecule has 146 valence electrons. The number of carbonyl (C=O) groups is 2. The van der Waals surface area contributed by atoms with Crippen molar-refractivity contribution in [2.45, 2.75) is 26.7 Å². The highest BCUT2D eigenvalue weighted by Gasteiger charge is 2.22. The van der Waals surface area contributed by atoms with Gasteiger partial charge in [0.1, 0.15) is 5.75 Å². The average molecular weight is 382 g/mol. The van der Waals surface area contributed by atoms with Crippen LogP contribution in [0, 0.1) is 0 Å². The van der Waals surface area contributed by atoms with Crippen LogP contribution in [0.5, 0.6) is 11.5 Å². The molecule has 0 fully saturated rings. The summed E-state index contributed by atoms with van der Waals surface area (Å²) in [4.78, 5) is 23.9. The Bertz CT molecular complexity index is 1050. The molecule has 6 nitrogen and oxygen atoms in total. The van der Waals surface area contributed by atoms with Crippen LogP contribution in [0.25, 0.3) is 21.5 Å². The summed E-state index contributed by atoms with van der Waals surface area (Å²) in [5.74, 6) is 0.758.